The van der Waals surface area contributed by atoms with E-state index in [1.807, 2.05) is 12.1 Å². The molecule has 3 N–H and O–H groups in total. The van der Waals surface area contributed by atoms with E-state index in [1.165, 1.54) is 76.4 Å². The number of nitrogens with two attached hydrogens (primary N) is 1. The maximum absolute atomic E-state index is 10.6. The lowest BCUT2D eigenvalue weighted by Crippen LogP contribution is -2.36. The number of rotatable bonds is 7. The molecular formula is C24H36ClF3N2O2. The van der Waals surface area contributed by atoms with Gasteiger partial charge >= 0.3 is 12.1 Å². The van der Waals surface area contributed by atoms with Gasteiger partial charge in [0, 0.05) is 24.7 Å². The summed E-state index contributed by atoms with van der Waals surface area (Å²) in [6, 6.07) is 8.45. The third-order valence-electron chi connectivity index (χ3n) is 6.62. The molecule has 2 aliphatic rings. The van der Waals surface area contributed by atoms with Gasteiger partial charge in [-0.2, -0.15) is 13.2 Å². The summed E-state index contributed by atoms with van der Waals surface area (Å²) < 4.78 is 31.7. The van der Waals surface area contributed by atoms with Crippen LogP contribution in [0.3, 0.4) is 0 Å². The van der Waals surface area contributed by atoms with E-state index >= 15 is 0 Å². The molecule has 2 fully saturated rings. The zero-order valence-electron chi connectivity index (χ0n) is 18.6. The monoisotopic (exact) mass is 476 g/mol. The highest BCUT2D eigenvalue weighted by molar-refractivity contribution is 6.30. The quantitative estimate of drug-likeness (QED) is 0.497. The first-order valence-electron chi connectivity index (χ1n) is 11.6. The molecule has 2 saturated carbocycles. The van der Waals surface area contributed by atoms with Gasteiger partial charge in [-0.3, -0.25) is 4.90 Å². The van der Waals surface area contributed by atoms with Gasteiger partial charge < -0.3 is 10.8 Å². The number of benzene rings is 1. The van der Waals surface area contributed by atoms with Gasteiger partial charge in [0.2, 0.25) is 0 Å². The van der Waals surface area contributed by atoms with Crippen LogP contribution in [-0.4, -0.2) is 41.8 Å². The molecule has 182 valence electrons. The lowest BCUT2D eigenvalue weighted by atomic mass is 9.81. The van der Waals surface area contributed by atoms with Crippen LogP contribution in [0.15, 0.2) is 24.3 Å². The van der Waals surface area contributed by atoms with Gasteiger partial charge in [-0.25, -0.2) is 4.79 Å². The summed E-state index contributed by atoms with van der Waals surface area (Å²) in [5.41, 5.74) is 7.27. The fraction of sp³-hybridized carbons (Fsp3) is 0.708. The van der Waals surface area contributed by atoms with E-state index in [9.17, 15) is 13.2 Å². The van der Waals surface area contributed by atoms with Crippen molar-refractivity contribution in [1.82, 2.24) is 4.90 Å². The first-order valence-corrected chi connectivity index (χ1v) is 12.0. The van der Waals surface area contributed by atoms with Crippen LogP contribution >= 0.6 is 11.6 Å². The van der Waals surface area contributed by atoms with Crippen molar-refractivity contribution in [2.24, 2.45) is 23.5 Å². The van der Waals surface area contributed by atoms with E-state index in [0.29, 0.717) is 0 Å². The van der Waals surface area contributed by atoms with Crippen molar-refractivity contribution in [2.75, 3.05) is 19.6 Å². The fourth-order valence-electron chi connectivity index (χ4n) is 4.80. The van der Waals surface area contributed by atoms with Crippen molar-refractivity contribution in [3.8, 4) is 0 Å². The first-order chi connectivity index (χ1) is 15.2. The average Bonchev–Trinajstić information content (AvgIpc) is 2.76. The highest BCUT2D eigenvalue weighted by atomic mass is 35.5. The highest BCUT2D eigenvalue weighted by Crippen LogP contribution is 2.31. The summed E-state index contributed by atoms with van der Waals surface area (Å²) >= 11 is 6.06. The first kappa shape index (κ1) is 26.9. The van der Waals surface area contributed by atoms with Gasteiger partial charge in [-0.15, -0.1) is 0 Å². The van der Waals surface area contributed by atoms with E-state index in [4.69, 9.17) is 27.2 Å². The van der Waals surface area contributed by atoms with Crippen LogP contribution in [0.2, 0.25) is 5.02 Å². The Morgan fingerprint density at radius 3 is 1.88 bits per heavy atom. The van der Waals surface area contributed by atoms with E-state index in [2.05, 4.69) is 17.0 Å². The van der Waals surface area contributed by atoms with Crippen molar-refractivity contribution in [3.63, 3.8) is 0 Å². The summed E-state index contributed by atoms with van der Waals surface area (Å²) in [5, 5.41) is 7.96. The van der Waals surface area contributed by atoms with Gasteiger partial charge in [0.05, 0.1) is 0 Å². The Bertz CT molecular complexity index is 671. The molecule has 32 heavy (non-hydrogen) atoms. The van der Waals surface area contributed by atoms with Gasteiger partial charge in [0.15, 0.2) is 0 Å². The number of hydrogen-bond acceptors (Lipinski definition) is 3. The number of alkyl halides is 3. The third kappa shape index (κ3) is 10.1. The molecule has 2 aliphatic carbocycles. The molecule has 0 aromatic heterocycles. The maximum Gasteiger partial charge on any atom is 0.490 e. The van der Waals surface area contributed by atoms with Crippen molar-refractivity contribution >= 4 is 17.6 Å². The maximum atomic E-state index is 10.6. The number of carboxylic acids is 1. The number of halogens is 4. The van der Waals surface area contributed by atoms with Crippen LogP contribution in [0.1, 0.15) is 63.4 Å². The second-order valence-electron chi connectivity index (χ2n) is 9.25. The summed E-state index contributed by atoms with van der Waals surface area (Å²) in [5.74, 6) is -0.216. The molecule has 1 aromatic rings. The van der Waals surface area contributed by atoms with Crippen molar-refractivity contribution < 1.29 is 23.1 Å². The molecule has 0 spiro atoms. The van der Waals surface area contributed by atoms with Gasteiger partial charge in [0.1, 0.15) is 0 Å². The second kappa shape index (κ2) is 13.4. The Morgan fingerprint density at radius 2 is 1.41 bits per heavy atom. The molecule has 0 bridgehead atoms. The lowest BCUT2D eigenvalue weighted by molar-refractivity contribution is -0.192. The van der Waals surface area contributed by atoms with Crippen LogP contribution in [0.4, 0.5) is 13.2 Å². The lowest BCUT2D eigenvalue weighted by Gasteiger charge is -2.35. The highest BCUT2D eigenvalue weighted by Gasteiger charge is 2.38. The summed E-state index contributed by atoms with van der Waals surface area (Å²) in [4.78, 5) is 11.6. The smallest absolute Gasteiger partial charge is 0.475 e. The molecule has 0 radical (unpaired) electrons. The van der Waals surface area contributed by atoms with Gasteiger partial charge in [0.25, 0.3) is 0 Å². The Kier molecular flexibility index (Phi) is 11.3. The average molecular weight is 477 g/mol. The van der Waals surface area contributed by atoms with E-state index in [1.54, 1.807) is 0 Å². The van der Waals surface area contributed by atoms with E-state index < -0.39 is 12.1 Å². The Hall–Kier alpha value is -1.31. The predicted molar refractivity (Wildman–Crippen MR) is 121 cm³/mol. The minimum absolute atomic E-state index is 0.777. The molecule has 8 heteroatoms. The van der Waals surface area contributed by atoms with E-state index in [0.717, 1.165) is 35.9 Å². The van der Waals surface area contributed by atoms with Crippen molar-refractivity contribution in [2.45, 2.75) is 70.5 Å². The van der Waals surface area contributed by atoms with Crippen LogP contribution < -0.4 is 5.73 Å². The number of carbonyl (C=O) groups is 1. The minimum Gasteiger partial charge on any atom is -0.475 e. The predicted octanol–water partition coefficient (Wildman–Crippen LogP) is 6.12. The summed E-state index contributed by atoms with van der Waals surface area (Å²) in [6.45, 7) is 4.49. The van der Waals surface area contributed by atoms with Gasteiger partial charge in [-0.1, -0.05) is 43.0 Å². The molecule has 3 rings (SSSR count). The van der Waals surface area contributed by atoms with E-state index in [-0.39, 0.29) is 0 Å². The number of aliphatic carboxylic acids is 1. The van der Waals surface area contributed by atoms with Crippen LogP contribution in [0, 0.1) is 17.8 Å². The summed E-state index contributed by atoms with van der Waals surface area (Å²) in [6.07, 6.45) is 7.47. The van der Waals surface area contributed by atoms with Crippen LogP contribution in [0.5, 0.6) is 0 Å². The molecule has 1 aromatic carbocycles. The topological polar surface area (TPSA) is 66.6 Å². The third-order valence-corrected chi connectivity index (χ3v) is 6.87. The molecule has 4 nitrogen and oxygen atoms in total. The number of nitrogens with zero attached hydrogens (tertiary/aromatic N) is 1. The molecule has 0 aliphatic heterocycles. The van der Waals surface area contributed by atoms with Crippen LogP contribution in [0.25, 0.3) is 0 Å². The molecule has 0 atom stereocenters. The molecule has 0 amide bonds. The molecular weight excluding hydrogens is 441 g/mol. The Morgan fingerprint density at radius 1 is 0.938 bits per heavy atom. The van der Waals surface area contributed by atoms with Gasteiger partial charge in [-0.05, 0) is 80.5 Å². The second-order valence-corrected chi connectivity index (χ2v) is 9.69. The number of carboxylic acid groups (broad SMARTS) is 1. The Labute approximate surface area is 194 Å². The fourth-order valence-corrected chi connectivity index (χ4v) is 4.93. The molecule has 0 unspecified atom stereocenters. The SMILES string of the molecule is NCC1CCC(CN(Cc2ccc(Cl)cc2)CC2CCCCC2)CC1.O=C(O)C(F)(F)F. The standard InChI is InChI=1S/C22H35ClN2.C2HF3O2/c23-22-12-10-21(11-13-22)17-25(15-19-4-2-1-3-5-19)16-20-8-6-18(14-24)7-9-20;3-2(4,5)1(6)7/h10-13,18-20H,1-9,14-17,24H2;(H,6,7). The Balaban J connectivity index is 0.000000451. The zero-order chi connectivity index (χ0) is 23.6. The minimum atomic E-state index is -5.08. The normalized spacial score (nSPS) is 22.3. The van der Waals surface area contributed by atoms with Crippen LogP contribution in [-0.2, 0) is 11.3 Å². The molecule has 0 heterocycles. The van der Waals surface area contributed by atoms with Crippen molar-refractivity contribution in [3.05, 3.63) is 34.9 Å². The largest absolute Gasteiger partial charge is 0.490 e. The zero-order valence-corrected chi connectivity index (χ0v) is 19.4. The summed E-state index contributed by atoms with van der Waals surface area (Å²) in [7, 11) is 0. The van der Waals surface area contributed by atoms with Crippen molar-refractivity contribution in [1.29, 1.82) is 0 Å². The number of hydrogen-bond donors (Lipinski definition) is 2. The molecule has 0 saturated heterocycles.